The Balaban J connectivity index is 2.83. The molecule has 1 rings (SSSR count). The van der Waals surface area contributed by atoms with E-state index >= 15 is 0 Å². The van der Waals surface area contributed by atoms with E-state index in [1.165, 1.54) is 19.2 Å². The summed E-state index contributed by atoms with van der Waals surface area (Å²) in [7, 11) is 1.24. The largest absolute Gasteiger partial charge is 0.468 e. The fourth-order valence-corrected chi connectivity index (χ4v) is 1.98. The fraction of sp³-hybridized carbons (Fsp3) is 0.273. The number of carbonyl (C=O) groups is 2. The third-order valence-electron chi connectivity index (χ3n) is 2.30. The number of halogens is 2. The molecule has 0 aromatic heterocycles. The minimum atomic E-state index is -0.692. The van der Waals surface area contributed by atoms with Crippen LogP contribution >= 0.6 is 34.2 Å². The average molecular weight is 413 g/mol. The second-order valence-electron chi connectivity index (χ2n) is 3.62. The number of nitro benzene ring substituents is 1. The lowest BCUT2D eigenvalue weighted by atomic mass is 10.1. The van der Waals surface area contributed by atoms with Crippen LogP contribution in [0.15, 0.2) is 18.2 Å². The van der Waals surface area contributed by atoms with Crippen LogP contribution in [0.25, 0.3) is 0 Å². The first-order valence-electron chi connectivity index (χ1n) is 5.31. The van der Waals surface area contributed by atoms with Gasteiger partial charge in [-0.2, -0.15) is 0 Å². The van der Waals surface area contributed by atoms with Crippen LogP contribution in [0.2, 0.25) is 5.02 Å². The molecule has 0 saturated heterocycles. The lowest BCUT2D eigenvalue weighted by molar-refractivity contribution is -0.385. The zero-order chi connectivity index (χ0) is 15.3. The predicted octanol–water partition coefficient (Wildman–Crippen LogP) is 1.95. The average Bonchev–Trinajstić information content (AvgIpc) is 2.43. The lowest BCUT2D eigenvalue weighted by Gasteiger charge is -2.09. The van der Waals surface area contributed by atoms with Crippen LogP contribution in [0, 0.1) is 10.1 Å². The first-order valence-corrected chi connectivity index (χ1v) is 6.93. The van der Waals surface area contributed by atoms with Crippen molar-refractivity contribution in [3.8, 4) is 0 Å². The second kappa shape index (κ2) is 7.39. The van der Waals surface area contributed by atoms with E-state index in [1.54, 1.807) is 22.6 Å². The molecule has 0 aliphatic heterocycles. The van der Waals surface area contributed by atoms with E-state index in [4.69, 9.17) is 11.6 Å². The quantitative estimate of drug-likeness (QED) is 0.262. The molecule has 20 heavy (non-hydrogen) atoms. The normalized spacial score (nSPS) is 11.6. The molecular weight excluding hydrogens is 402 g/mol. The van der Waals surface area contributed by atoms with E-state index in [2.05, 4.69) is 10.1 Å². The van der Waals surface area contributed by atoms with Gasteiger partial charge in [0.2, 0.25) is 0 Å². The summed E-state index contributed by atoms with van der Waals surface area (Å²) in [6.45, 7) is 0.00580. The minimum Gasteiger partial charge on any atom is -0.468 e. The van der Waals surface area contributed by atoms with Crippen molar-refractivity contribution in [3.05, 3.63) is 38.9 Å². The maximum Gasteiger partial charge on any atom is 0.320 e. The van der Waals surface area contributed by atoms with Crippen LogP contribution in [-0.2, 0) is 9.53 Å². The standard InChI is InChI=1S/C11H10ClIN2O5/c1-20-11(17)8(13)5-14-10(16)7-3-2-6(12)4-9(7)15(18)19/h2-4,8H,5H2,1H3,(H,14,16). The number of rotatable bonds is 5. The van der Waals surface area contributed by atoms with Gasteiger partial charge in [0, 0.05) is 17.6 Å². The van der Waals surface area contributed by atoms with Gasteiger partial charge in [-0.3, -0.25) is 19.7 Å². The van der Waals surface area contributed by atoms with Crippen LogP contribution < -0.4 is 5.32 Å². The number of methoxy groups -OCH3 is 1. The van der Waals surface area contributed by atoms with Crippen LogP contribution in [-0.4, -0.2) is 34.4 Å². The van der Waals surface area contributed by atoms with Gasteiger partial charge >= 0.3 is 5.97 Å². The Hall–Kier alpha value is -1.42. The van der Waals surface area contributed by atoms with E-state index in [0.717, 1.165) is 6.07 Å². The first kappa shape index (κ1) is 16.6. The Morgan fingerprint density at radius 2 is 2.20 bits per heavy atom. The smallest absolute Gasteiger partial charge is 0.320 e. The molecule has 0 bridgehead atoms. The van der Waals surface area contributed by atoms with Crippen molar-refractivity contribution in [3.63, 3.8) is 0 Å². The Bertz CT molecular complexity index is 552. The minimum absolute atomic E-state index is 0.00580. The number of esters is 1. The van der Waals surface area contributed by atoms with Crippen molar-refractivity contribution in [1.29, 1.82) is 0 Å². The number of amides is 1. The molecule has 0 radical (unpaired) electrons. The topological polar surface area (TPSA) is 98.5 Å². The van der Waals surface area contributed by atoms with E-state index in [0.29, 0.717) is 0 Å². The number of nitrogens with zero attached hydrogens (tertiary/aromatic N) is 1. The maximum absolute atomic E-state index is 11.9. The van der Waals surface area contributed by atoms with Gasteiger partial charge in [-0.25, -0.2) is 0 Å². The molecular formula is C11H10ClIN2O5. The van der Waals surface area contributed by atoms with Crippen molar-refractivity contribution < 1.29 is 19.2 Å². The number of nitrogens with one attached hydrogen (secondary N) is 1. The third kappa shape index (κ3) is 4.30. The summed E-state index contributed by atoms with van der Waals surface area (Å²) in [4.78, 5) is 33.2. The van der Waals surface area contributed by atoms with Gasteiger partial charge in [0.1, 0.15) is 9.49 Å². The SMILES string of the molecule is COC(=O)C(I)CNC(=O)c1ccc(Cl)cc1[N+](=O)[O-]. The molecule has 1 aromatic carbocycles. The summed E-state index contributed by atoms with van der Waals surface area (Å²) in [5.74, 6) is -1.14. The summed E-state index contributed by atoms with van der Waals surface area (Å²) in [5, 5.41) is 13.5. The molecule has 1 N–H and O–H groups in total. The molecule has 1 aromatic rings. The van der Waals surface area contributed by atoms with Crippen molar-refractivity contribution in [2.45, 2.75) is 3.92 Å². The van der Waals surface area contributed by atoms with Gasteiger partial charge in [0.15, 0.2) is 0 Å². The maximum atomic E-state index is 11.9. The summed E-state index contributed by atoms with van der Waals surface area (Å²) < 4.78 is 3.93. The number of alkyl halides is 1. The zero-order valence-electron chi connectivity index (χ0n) is 10.3. The molecule has 0 saturated carbocycles. The molecule has 7 nitrogen and oxygen atoms in total. The molecule has 1 unspecified atom stereocenters. The van der Waals surface area contributed by atoms with E-state index in [1.807, 2.05) is 0 Å². The number of hydrogen-bond donors (Lipinski definition) is 1. The van der Waals surface area contributed by atoms with Gasteiger partial charge in [-0.1, -0.05) is 34.2 Å². The lowest BCUT2D eigenvalue weighted by Crippen LogP contribution is -2.34. The Morgan fingerprint density at radius 1 is 1.55 bits per heavy atom. The zero-order valence-corrected chi connectivity index (χ0v) is 13.2. The Kier molecular flexibility index (Phi) is 6.14. The summed E-state index contributed by atoms with van der Waals surface area (Å²) in [6.07, 6.45) is 0. The van der Waals surface area contributed by atoms with Crippen molar-refractivity contribution in [2.24, 2.45) is 0 Å². The molecule has 0 heterocycles. The molecule has 0 spiro atoms. The van der Waals surface area contributed by atoms with Crippen LogP contribution in [0.4, 0.5) is 5.69 Å². The monoisotopic (exact) mass is 412 g/mol. The van der Waals surface area contributed by atoms with Gasteiger partial charge in [0.05, 0.1) is 12.0 Å². The fourth-order valence-electron chi connectivity index (χ4n) is 1.34. The number of carbonyl (C=O) groups excluding carboxylic acids is 2. The molecule has 1 atom stereocenters. The van der Waals surface area contributed by atoms with Gasteiger partial charge < -0.3 is 10.1 Å². The highest BCUT2D eigenvalue weighted by Crippen LogP contribution is 2.23. The van der Waals surface area contributed by atoms with Gasteiger partial charge in [0.25, 0.3) is 11.6 Å². The van der Waals surface area contributed by atoms with Crippen LogP contribution in [0.1, 0.15) is 10.4 Å². The molecule has 0 aliphatic carbocycles. The Labute approximate surface area is 132 Å². The molecule has 1 amide bonds. The van der Waals surface area contributed by atoms with Crippen molar-refractivity contribution in [1.82, 2.24) is 5.32 Å². The predicted molar refractivity (Wildman–Crippen MR) is 80.3 cm³/mol. The Morgan fingerprint density at radius 3 is 2.75 bits per heavy atom. The number of hydrogen-bond acceptors (Lipinski definition) is 5. The highest BCUT2D eigenvalue weighted by molar-refractivity contribution is 14.1. The number of nitro groups is 1. The number of ether oxygens (including phenoxy) is 1. The van der Waals surface area contributed by atoms with Crippen molar-refractivity contribution in [2.75, 3.05) is 13.7 Å². The highest BCUT2D eigenvalue weighted by Gasteiger charge is 2.22. The van der Waals surface area contributed by atoms with Crippen molar-refractivity contribution >= 4 is 51.8 Å². The van der Waals surface area contributed by atoms with E-state index in [-0.39, 0.29) is 17.1 Å². The molecule has 108 valence electrons. The van der Waals surface area contributed by atoms with E-state index in [9.17, 15) is 19.7 Å². The summed E-state index contributed by atoms with van der Waals surface area (Å²) in [6, 6.07) is 3.74. The van der Waals surface area contributed by atoms with Crippen LogP contribution in [0.3, 0.4) is 0 Å². The summed E-state index contributed by atoms with van der Waals surface area (Å²) >= 11 is 7.46. The third-order valence-corrected chi connectivity index (χ3v) is 3.48. The van der Waals surface area contributed by atoms with E-state index < -0.39 is 26.4 Å². The highest BCUT2D eigenvalue weighted by atomic mass is 127. The summed E-state index contributed by atoms with van der Waals surface area (Å²) in [5.41, 5.74) is -0.508. The van der Waals surface area contributed by atoms with Gasteiger partial charge in [-0.15, -0.1) is 0 Å². The molecule has 0 fully saturated rings. The number of benzene rings is 1. The molecule has 0 aliphatic rings. The van der Waals surface area contributed by atoms with Crippen LogP contribution in [0.5, 0.6) is 0 Å². The first-order chi connectivity index (χ1) is 9.36. The second-order valence-corrected chi connectivity index (χ2v) is 5.56. The molecule has 9 heteroatoms. The van der Waals surface area contributed by atoms with Gasteiger partial charge in [-0.05, 0) is 12.1 Å².